The molecule has 2 aromatic rings. The standard InChI is InChI=1S/C23H24ClF2N3O3/c1-32-16-10-18(25)21(19(26)11-16)17-8-9-29(22(30)13-2-3-13)12-20(17)28-23(31)27-15-6-4-14(24)5-7-15/h4-7,10-11,13,17,20H,2-3,8-9,12H2,1H3,(H2,27,28,31)/t17?,20-/m1/s1. The highest BCUT2D eigenvalue weighted by Crippen LogP contribution is 2.37. The zero-order chi connectivity index (χ0) is 22.8. The van der Waals surface area contributed by atoms with Crippen LogP contribution in [-0.4, -0.2) is 43.1 Å². The van der Waals surface area contributed by atoms with Crippen molar-refractivity contribution in [3.05, 3.63) is 58.6 Å². The Morgan fingerprint density at radius 1 is 1.09 bits per heavy atom. The van der Waals surface area contributed by atoms with Gasteiger partial charge in [-0.25, -0.2) is 13.6 Å². The number of carbonyl (C=O) groups is 2. The molecule has 2 fully saturated rings. The number of ether oxygens (including phenoxy) is 1. The number of hydrogen-bond acceptors (Lipinski definition) is 3. The van der Waals surface area contributed by atoms with E-state index < -0.39 is 29.6 Å². The molecular weight excluding hydrogens is 440 g/mol. The van der Waals surface area contributed by atoms with Crippen LogP contribution in [0.1, 0.15) is 30.7 Å². The van der Waals surface area contributed by atoms with E-state index in [0.717, 1.165) is 25.0 Å². The number of carbonyl (C=O) groups excluding carboxylic acids is 2. The lowest BCUT2D eigenvalue weighted by Crippen LogP contribution is -2.54. The molecule has 32 heavy (non-hydrogen) atoms. The third-order valence-electron chi connectivity index (χ3n) is 5.93. The maximum atomic E-state index is 14.8. The zero-order valence-electron chi connectivity index (χ0n) is 17.5. The smallest absolute Gasteiger partial charge is 0.319 e. The van der Waals surface area contributed by atoms with Crippen LogP contribution in [0, 0.1) is 17.6 Å². The summed E-state index contributed by atoms with van der Waals surface area (Å²) in [4.78, 5) is 26.9. The van der Waals surface area contributed by atoms with E-state index in [1.54, 1.807) is 29.2 Å². The van der Waals surface area contributed by atoms with Gasteiger partial charge in [-0.15, -0.1) is 0 Å². The van der Waals surface area contributed by atoms with Gasteiger partial charge in [-0.3, -0.25) is 4.79 Å². The Balaban J connectivity index is 1.56. The van der Waals surface area contributed by atoms with Crippen molar-refractivity contribution in [3.8, 4) is 5.75 Å². The van der Waals surface area contributed by atoms with Crippen molar-refractivity contribution in [1.82, 2.24) is 10.2 Å². The number of methoxy groups -OCH3 is 1. The molecule has 3 amide bonds. The minimum Gasteiger partial charge on any atom is -0.497 e. The lowest BCUT2D eigenvalue weighted by molar-refractivity contribution is -0.134. The number of halogens is 3. The van der Waals surface area contributed by atoms with Gasteiger partial charge in [0.2, 0.25) is 5.91 Å². The van der Waals surface area contributed by atoms with Gasteiger partial charge in [-0.2, -0.15) is 0 Å². The molecule has 6 nitrogen and oxygen atoms in total. The van der Waals surface area contributed by atoms with Crippen molar-refractivity contribution in [2.75, 3.05) is 25.5 Å². The van der Waals surface area contributed by atoms with E-state index in [2.05, 4.69) is 10.6 Å². The van der Waals surface area contributed by atoms with Crippen LogP contribution in [0.4, 0.5) is 19.3 Å². The van der Waals surface area contributed by atoms with Gasteiger partial charge in [-0.1, -0.05) is 11.6 Å². The Labute approximate surface area is 189 Å². The molecule has 1 saturated heterocycles. The van der Waals surface area contributed by atoms with Crippen LogP contribution in [-0.2, 0) is 4.79 Å². The number of piperidine rings is 1. The van der Waals surface area contributed by atoms with Crippen molar-refractivity contribution >= 4 is 29.2 Å². The summed E-state index contributed by atoms with van der Waals surface area (Å²) >= 11 is 5.87. The lowest BCUT2D eigenvalue weighted by Gasteiger charge is -2.39. The van der Waals surface area contributed by atoms with E-state index in [0.29, 0.717) is 23.7 Å². The summed E-state index contributed by atoms with van der Waals surface area (Å²) in [5.74, 6) is -1.98. The van der Waals surface area contributed by atoms with E-state index >= 15 is 0 Å². The summed E-state index contributed by atoms with van der Waals surface area (Å²) < 4.78 is 34.6. The summed E-state index contributed by atoms with van der Waals surface area (Å²) in [6, 6.07) is 7.62. The number of urea groups is 1. The Bertz CT molecular complexity index is 991. The van der Waals surface area contributed by atoms with Gasteiger partial charge in [0.25, 0.3) is 0 Å². The minimum atomic E-state index is -0.737. The summed E-state index contributed by atoms with van der Waals surface area (Å²) in [6.07, 6.45) is 2.04. The summed E-state index contributed by atoms with van der Waals surface area (Å²) in [5, 5.41) is 6.04. The molecule has 9 heteroatoms. The number of nitrogens with zero attached hydrogens (tertiary/aromatic N) is 1. The lowest BCUT2D eigenvalue weighted by atomic mass is 9.84. The normalized spacial score (nSPS) is 20.6. The SMILES string of the molecule is COc1cc(F)c(C2CCN(C(=O)C3CC3)C[C@H]2NC(=O)Nc2ccc(Cl)cc2)c(F)c1. The molecule has 0 radical (unpaired) electrons. The molecular formula is C23H24ClF2N3O3. The van der Waals surface area contributed by atoms with Gasteiger partial charge in [0.1, 0.15) is 17.4 Å². The van der Waals surface area contributed by atoms with E-state index in [9.17, 15) is 18.4 Å². The maximum Gasteiger partial charge on any atom is 0.319 e. The van der Waals surface area contributed by atoms with Gasteiger partial charge < -0.3 is 20.3 Å². The summed E-state index contributed by atoms with van der Waals surface area (Å²) in [7, 11) is 1.33. The molecule has 0 spiro atoms. The van der Waals surface area contributed by atoms with E-state index in [1.807, 2.05) is 0 Å². The Hall–Kier alpha value is -2.87. The van der Waals surface area contributed by atoms with E-state index in [-0.39, 0.29) is 29.7 Å². The molecule has 2 aliphatic rings. The summed E-state index contributed by atoms with van der Waals surface area (Å²) in [5.41, 5.74) is 0.410. The molecule has 2 N–H and O–H groups in total. The molecule has 0 aromatic heterocycles. The summed E-state index contributed by atoms with van der Waals surface area (Å²) in [6.45, 7) is 0.556. The Morgan fingerprint density at radius 3 is 2.34 bits per heavy atom. The first-order valence-corrected chi connectivity index (χ1v) is 10.9. The van der Waals surface area contributed by atoms with Gasteiger partial charge in [0.15, 0.2) is 0 Å². The average Bonchev–Trinajstić information content (AvgIpc) is 3.60. The van der Waals surface area contributed by atoms with E-state index in [1.165, 1.54) is 7.11 Å². The molecule has 2 aromatic carbocycles. The first kappa shape index (κ1) is 22.3. The zero-order valence-corrected chi connectivity index (χ0v) is 18.3. The van der Waals surface area contributed by atoms with E-state index in [4.69, 9.17) is 16.3 Å². The van der Waals surface area contributed by atoms with Crippen molar-refractivity contribution in [3.63, 3.8) is 0 Å². The highest BCUT2D eigenvalue weighted by molar-refractivity contribution is 6.30. The first-order chi connectivity index (χ1) is 15.4. The number of hydrogen-bond donors (Lipinski definition) is 2. The first-order valence-electron chi connectivity index (χ1n) is 10.5. The highest BCUT2D eigenvalue weighted by atomic mass is 35.5. The fraction of sp³-hybridized carbons (Fsp3) is 0.391. The van der Waals surface area contributed by atoms with Gasteiger partial charge >= 0.3 is 6.03 Å². The van der Waals surface area contributed by atoms with Gasteiger partial charge in [0, 0.05) is 53.3 Å². The third-order valence-corrected chi connectivity index (χ3v) is 6.18. The Morgan fingerprint density at radius 2 is 1.75 bits per heavy atom. The largest absolute Gasteiger partial charge is 0.497 e. The fourth-order valence-electron chi connectivity index (χ4n) is 4.13. The third kappa shape index (κ3) is 4.96. The topological polar surface area (TPSA) is 70.7 Å². The quantitative estimate of drug-likeness (QED) is 0.683. The predicted octanol–water partition coefficient (Wildman–Crippen LogP) is 4.54. The van der Waals surface area contributed by atoms with Crippen molar-refractivity contribution in [2.45, 2.75) is 31.2 Å². The predicted molar refractivity (Wildman–Crippen MR) is 117 cm³/mol. The molecule has 0 bridgehead atoms. The number of likely N-dealkylation sites (tertiary alicyclic amines) is 1. The highest BCUT2D eigenvalue weighted by Gasteiger charge is 2.40. The van der Waals surface area contributed by atoms with Crippen LogP contribution in [0.15, 0.2) is 36.4 Å². The molecule has 1 aliphatic carbocycles. The van der Waals surface area contributed by atoms with Crippen LogP contribution in [0.2, 0.25) is 5.02 Å². The minimum absolute atomic E-state index is 0.0181. The van der Waals surface area contributed by atoms with Crippen LogP contribution in [0.5, 0.6) is 5.75 Å². The molecule has 1 saturated carbocycles. The molecule has 2 atom stereocenters. The number of anilines is 1. The van der Waals surface area contributed by atoms with Gasteiger partial charge in [-0.05, 0) is 43.5 Å². The molecule has 4 rings (SSSR count). The second-order valence-electron chi connectivity index (χ2n) is 8.17. The molecule has 1 unspecified atom stereocenters. The molecule has 170 valence electrons. The van der Waals surface area contributed by atoms with Crippen LogP contribution in [0.25, 0.3) is 0 Å². The van der Waals surface area contributed by atoms with Crippen LogP contribution < -0.4 is 15.4 Å². The van der Waals surface area contributed by atoms with Crippen molar-refractivity contribution < 1.29 is 23.1 Å². The Kier molecular flexibility index (Phi) is 6.50. The average molecular weight is 464 g/mol. The fourth-order valence-corrected chi connectivity index (χ4v) is 4.26. The van der Waals surface area contributed by atoms with Crippen molar-refractivity contribution in [2.24, 2.45) is 5.92 Å². The second kappa shape index (κ2) is 9.32. The number of amides is 3. The maximum absolute atomic E-state index is 14.8. The van der Waals surface area contributed by atoms with Crippen LogP contribution in [0.3, 0.4) is 0 Å². The van der Waals surface area contributed by atoms with Crippen LogP contribution >= 0.6 is 11.6 Å². The van der Waals surface area contributed by atoms with Crippen molar-refractivity contribution in [1.29, 1.82) is 0 Å². The molecule has 1 aliphatic heterocycles. The monoisotopic (exact) mass is 463 g/mol. The van der Waals surface area contributed by atoms with Gasteiger partial charge in [0.05, 0.1) is 13.2 Å². The number of benzene rings is 2. The number of rotatable bonds is 5. The molecule has 1 heterocycles. The second-order valence-corrected chi connectivity index (χ2v) is 8.61. The number of nitrogens with one attached hydrogen (secondary N) is 2.